The molecule has 0 radical (unpaired) electrons. The summed E-state index contributed by atoms with van der Waals surface area (Å²) in [6, 6.07) is 5.58. The Balaban J connectivity index is 1.91. The highest BCUT2D eigenvalue weighted by Gasteiger charge is 2.16. The van der Waals surface area contributed by atoms with Crippen molar-refractivity contribution in [1.82, 2.24) is 5.32 Å². The molecule has 0 unspecified atom stereocenters. The van der Waals surface area contributed by atoms with Crippen LogP contribution < -0.4 is 5.32 Å². The van der Waals surface area contributed by atoms with Crippen LogP contribution in [0.1, 0.15) is 24.8 Å². The largest absolute Gasteiger partial charge is 0.504 e. The zero-order valence-electron chi connectivity index (χ0n) is 8.03. The van der Waals surface area contributed by atoms with E-state index in [4.69, 9.17) is 5.11 Å². The Morgan fingerprint density at radius 2 is 2.00 bits per heavy atom. The fraction of sp³-hybridized carbons (Fsp3) is 0.455. The van der Waals surface area contributed by atoms with Crippen LogP contribution >= 0.6 is 0 Å². The lowest BCUT2D eigenvalue weighted by atomic mass is 9.93. The molecule has 0 spiro atoms. The molecular formula is C11H15NO2. The van der Waals surface area contributed by atoms with E-state index in [-0.39, 0.29) is 11.5 Å². The third-order valence-electron chi connectivity index (χ3n) is 2.74. The average molecular weight is 193 g/mol. The maximum absolute atomic E-state index is 9.26. The molecule has 3 heteroatoms. The summed E-state index contributed by atoms with van der Waals surface area (Å²) in [5.74, 6) is -0.102. The smallest absolute Gasteiger partial charge is 0.157 e. The van der Waals surface area contributed by atoms with E-state index in [1.54, 1.807) is 6.07 Å². The lowest BCUT2D eigenvalue weighted by Gasteiger charge is -2.26. The minimum absolute atomic E-state index is 0.0436. The van der Waals surface area contributed by atoms with Crippen LogP contribution in [0.25, 0.3) is 0 Å². The summed E-state index contributed by atoms with van der Waals surface area (Å²) in [7, 11) is 0. The maximum atomic E-state index is 9.26. The molecule has 0 aromatic heterocycles. The summed E-state index contributed by atoms with van der Waals surface area (Å²) in [4.78, 5) is 0. The van der Waals surface area contributed by atoms with E-state index >= 15 is 0 Å². The number of phenolic OH excluding ortho intramolecular Hbond substituents is 2. The third kappa shape index (κ3) is 1.99. The third-order valence-corrected chi connectivity index (χ3v) is 2.74. The van der Waals surface area contributed by atoms with Gasteiger partial charge in [0.15, 0.2) is 11.5 Å². The first-order valence-electron chi connectivity index (χ1n) is 5.00. The molecule has 1 aromatic carbocycles. The highest BCUT2D eigenvalue weighted by atomic mass is 16.3. The summed E-state index contributed by atoms with van der Waals surface area (Å²) >= 11 is 0. The Bertz CT molecular complexity index is 321. The molecule has 0 amide bonds. The van der Waals surface area contributed by atoms with Gasteiger partial charge in [-0.1, -0.05) is 12.5 Å². The first-order chi connectivity index (χ1) is 6.75. The molecule has 0 bridgehead atoms. The number of hydrogen-bond donors (Lipinski definition) is 3. The molecule has 14 heavy (non-hydrogen) atoms. The minimum atomic E-state index is -0.0580. The molecule has 0 saturated heterocycles. The van der Waals surface area contributed by atoms with Gasteiger partial charge in [0.05, 0.1) is 0 Å². The SMILES string of the molecule is Oc1ccc(CNC2CCC2)cc1O. The molecule has 76 valence electrons. The van der Waals surface area contributed by atoms with E-state index in [0.29, 0.717) is 6.04 Å². The normalized spacial score (nSPS) is 16.6. The molecule has 1 saturated carbocycles. The summed E-state index contributed by atoms with van der Waals surface area (Å²) in [6.45, 7) is 0.762. The lowest BCUT2D eigenvalue weighted by Crippen LogP contribution is -2.34. The molecule has 0 heterocycles. The number of nitrogens with one attached hydrogen (secondary N) is 1. The molecule has 1 aliphatic rings. The molecule has 3 N–H and O–H groups in total. The van der Waals surface area contributed by atoms with Crippen LogP contribution in [-0.4, -0.2) is 16.3 Å². The fourth-order valence-corrected chi connectivity index (χ4v) is 1.55. The zero-order valence-corrected chi connectivity index (χ0v) is 8.03. The second-order valence-corrected chi connectivity index (χ2v) is 3.83. The zero-order chi connectivity index (χ0) is 9.97. The van der Waals surface area contributed by atoms with Crippen molar-refractivity contribution in [2.75, 3.05) is 0 Å². The van der Waals surface area contributed by atoms with Crippen molar-refractivity contribution in [2.24, 2.45) is 0 Å². The van der Waals surface area contributed by atoms with Crippen LogP contribution in [0, 0.1) is 0 Å². The first-order valence-corrected chi connectivity index (χ1v) is 5.00. The maximum Gasteiger partial charge on any atom is 0.157 e. The summed E-state index contributed by atoms with van der Waals surface area (Å²) in [6.07, 6.45) is 3.83. The number of rotatable bonds is 3. The second-order valence-electron chi connectivity index (χ2n) is 3.83. The Hall–Kier alpha value is -1.22. The van der Waals surface area contributed by atoms with Crippen molar-refractivity contribution in [1.29, 1.82) is 0 Å². The van der Waals surface area contributed by atoms with Gasteiger partial charge in [0.1, 0.15) is 0 Å². The van der Waals surface area contributed by atoms with Crippen LogP contribution in [0.3, 0.4) is 0 Å². The number of phenols is 2. The van der Waals surface area contributed by atoms with Crippen molar-refractivity contribution in [2.45, 2.75) is 31.8 Å². The average Bonchev–Trinajstić information content (AvgIpc) is 2.08. The Labute approximate surface area is 83.4 Å². The second kappa shape index (κ2) is 3.88. The van der Waals surface area contributed by atoms with Crippen molar-refractivity contribution >= 4 is 0 Å². The molecule has 1 aliphatic carbocycles. The van der Waals surface area contributed by atoms with Crippen LogP contribution in [0.15, 0.2) is 18.2 Å². The van der Waals surface area contributed by atoms with Gasteiger partial charge >= 0.3 is 0 Å². The lowest BCUT2D eigenvalue weighted by molar-refractivity contribution is 0.337. The van der Waals surface area contributed by atoms with Crippen LogP contribution in [0.2, 0.25) is 0 Å². The summed E-state index contributed by atoms with van der Waals surface area (Å²) in [5, 5.41) is 21.8. The monoisotopic (exact) mass is 193 g/mol. The van der Waals surface area contributed by atoms with Gasteiger partial charge in [-0.05, 0) is 30.5 Å². The number of benzene rings is 1. The van der Waals surface area contributed by atoms with Crippen molar-refractivity contribution < 1.29 is 10.2 Å². The molecule has 3 nitrogen and oxygen atoms in total. The van der Waals surface area contributed by atoms with Gasteiger partial charge in [0, 0.05) is 12.6 Å². The van der Waals surface area contributed by atoms with Crippen LogP contribution in [0.5, 0.6) is 11.5 Å². The standard InChI is InChI=1S/C11H15NO2/c13-10-5-4-8(6-11(10)14)7-12-9-2-1-3-9/h4-6,9,12-14H,1-3,7H2. The van der Waals surface area contributed by atoms with Gasteiger partial charge in [-0.15, -0.1) is 0 Å². The number of hydrogen-bond acceptors (Lipinski definition) is 3. The van der Waals surface area contributed by atoms with Gasteiger partial charge < -0.3 is 15.5 Å². The predicted molar refractivity (Wildman–Crippen MR) is 54.3 cm³/mol. The molecule has 2 rings (SSSR count). The highest BCUT2D eigenvalue weighted by molar-refractivity contribution is 5.40. The summed E-state index contributed by atoms with van der Waals surface area (Å²) < 4.78 is 0. The van der Waals surface area contributed by atoms with Gasteiger partial charge in [-0.25, -0.2) is 0 Å². The molecular weight excluding hydrogens is 178 g/mol. The predicted octanol–water partition coefficient (Wildman–Crippen LogP) is 1.74. The van der Waals surface area contributed by atoms with E-state index in [1.165, 1.54) is 25.3 Å². The first kappa shape index (κ1) is 9.34. The highest BCUT2D eigenvalue weighted by Crippen LogP contribution is 2.25. The summed E-state index contributed by atoms with van der Waals surface area (Å²) in [5.41, 5.74) is 1.01. The van der Waals surface area contributed by atoms with Crippen molar-refractivity contribution in [3.05, 3.63) is 23.8 Å². The van der Waals surface area contributed by atoms with E-state index in [9.17, 15) is 5.11 Å². The van der Waals surface area contributed by atoms with Crippen molar-refractivity contribution in [3.8, 4) is 11.5 Å². The number of aromatic hydroxyl groups is 2. The molecule has 0 aliphatic heterocycles. The minimum Gasteiger partial charge on any atom is -0.504 e. The molecule has 1 fully saturated rings. The van der Waals surface area contributed by atoms with Crippen LogP contribution in [0.4, 0.5) is 0 Å². The Morgan fingerprint density at radius 1 is 1.21 bits per heavy atom. The van der Waals surface area contributed by atoms with Crippen LogP contribution in [-0.2, 0) is 6.54 Å². The van der Waals surface area contributed by atoms with Gasteiger partial charge in [-0.3, -0.25) is 0 Å². The van der Waals surface area contributed by atoms with Gasteiger partial charge in [0.2, 0.25) is 0 Å². The fourth-order valence-electron chi connectivity index (χ4n) is 1.55. The van der Waals surface area contributed by atoms with E-state index in [1.807, 2.05) is 6.07 Å². The molecule has 0 atom stereocenters. The quantitative estimate of drug-likeness (QED) is 0.641. The van der Waals surface area contributed by atoms with Gasteiger partial charge in [-0.2, -0.15) is 0 Å². The topological polar surface area (TPSA) is 52.5 Å². The van der Waals surface area contributed by atoms with Gasteiger partial charge in [0.25, 0.3) is 0 Å². The Kier molecular flexibility index (Phi) is 2.59. The van der Waals surface area contributed by atoms with Crippen molar-refractivity contribution in [3.63, 3.8) is 0 Å². The van der Waals surface area contributed by atoms with E-state index in [2.05, 4.69) is 5.32 Å². The van der Waals surface area contributed by atoms with E-state index in [0.717, 1.165) is 12.1 Å². The molecule has 1 aromatic rings. The van der Waals surface area contributed by atoms with E-state index < -0.39 is 0 Å². The Morgan fingerprint density at radius 3 is 2.57 bits per heavy atom.